The zero-order valence-electron chi connectivity index (χ0n) is 16.5. The van der Waals surface area contributed by atoms with Gasteiger partial charge in [-0.15, -0.1) is 12.6 Å². The van der Waals surface area contributed by atoms with E-state index in [1.807, 2.05) is 0 Å². The van der Waals surface area contributed by atoms with Crippen LogP contribution in [0.2, 0.25) is 0 Å². The molecule has 0 aliphatic carbocycles. The number of aromatic nitrogens is 1. The molecular formula is C19H31N3O4S. The standard InChI is InChI=1S/C11H9NO4S.2C4H11N/c13-9(17)5-6(11(14)15)10-12-7-3-1-2-4-8(7)16-10;2*1-3-5-4-2/h1-4,6H,5H2,(H,13,17)(H,14,15);2*5H,3-4H2,1-2H3. The lowest BCUT2D eigenvalue weighted by Crippen LogP contribution is -2.14. The van der Waals surface area contributed by atoms with Gasteiger partial charge in [-0.25, -0.2) is 4.98 Å². The van der Waals surface area contributed by atoms with Crippen LogP contribution in [0.5, 0.6) is 0 Å². The van der Waals surface area contributed by atoms with Crippen LogP contribution in [0.15, 0.2) is 28.7 Å². The summed E-state index contributed by atoms with van der Waals surface area (Å²) in [4.78, 5) is 26.0. The Labute approximate surface area is 166 Å². The maximum atomic E-state index is 11.0. The number of oxazole rings is 1. The van der Waals surface area contributed by atoms with Crippen LogP contribution in [0.1, 0.15) is 45.9 Å². The number of carboxylic acid groups (broad SMARTS) is 1. The first kappa shape index (κ1) is 25.1. The zero-order valence-corrected chi connectivity index (χ0v) is 17.4. The molecule has 0 saturated carbocycles. The molecule has 1 heterocycles. The molecule has 1 unspecified atom stereocenters. The molecule has 8 heteroatoms. The van der Waals surface area contributed by atoms with Gasteiger partial charge < -0.3 is 20.2 Å². The van der Waals surface area contributed by atoms with Gasteiger partial charge in [-0.3, -0.25) is 9.59 Å². The van der Waals surface area contributed by atoms with Crippen LogP contribution in [0.25, 0.3) is 11.1 Å². The van der Waals surface area contributed by atoms with Crippen molar-refractivity contribution >= 4 is 34.8 Å². The molecule has 0 saturated heterocycles. The molecule has 0 radical (unpaired) electrons. The number of carboxylic acids is 1. The maximum absolute atomic E-state index is 11.0. The van der Waals surface area contributed by atoms with E-state index < -0.39 is 17.0 Å². The normalized spacial score (nSPS) is 11.0. The average molecular weight is 398 g/mol. The third-order valence-electron chi connectivity index (χ3n) is 3.29. The Morgan fingerprint density at radius 3 is 1.96 bits per heavy atom. The van der Waals surface area contributed by atoms with E-state index >= 15 is 0 Å². The highest BCUT2D eigenvalue weighted by molar-refractivity contribution is 7.96. The van der Waals surface area contributed by atoms with Gasteiger partial charge in [-0.2, -0.15) is 0 Å². The van der Waals surface area contributed by atoms with Crippen molar-refractivity contribution in [3.8, 4) is 0 Å². The third-order valence-corrected chi connectivity index (χ3v) is 3.47. The number of nitrogens with one attached hydrogen (secondary N) is 2. The fourth-order valence-electron chi connectivity index (χ4n) is 1.99. The van der Waals surface area contributed by atoms with Crippen molar-refractivity contribution in [2.45, 2.75) is 40.0 Å². The summed E-state index contributed by atoms with van der Waals surface area (Å²) in [6, 6.07) is 6.93. The summed E-state index contributed by atoms with van der Waals surface area (Å²) in [6.45, 7) is 12.8. The van der Waals surface area contributed by atoms with Crippen molar-refractivity contribution in [1.82, 2.24) is 15.6 Å². The Morgan fingerprint density at radius 2 is 1.59 bits per heavy atom. The highest BCUT2D eigenvalue weighted by atomic mass is 32.1. The number of thiol groups is 1. The van der Waals surface area contributed by atoms with Crippen LogP contribution in [0.4, 0.5) is 0 Å². The number of hydrogen-bond acceptors (Lipinski definition) is 6. The predicted octanol–water partition coefficient (Wildman–Crippen LogP) is 3.07. The summed E-state index contributed by atoms with van der Waals surface area (Å²) in [5, 5.41) is 14.7. The first-order valence-corrected chi connectivity index (χ1v) is 9.57. The SMILES string of the molecule is CCNCC.CCNCC.O=C(S)CC(C(=O)O)c1nc2ccccc2o1. The van der Waals surface area contributed by atoms with E-state index in [1.54, 1.807) is 24.3 Å². The topological polar surface area (TPSA) is 104 Å². The van der Waals surface area contributed by atoms with E-state index in [1.165, 1.54) is 0 Å². The Balaban J connectivity index is 0.000000563. The number of fused-ring (bicyclic) bond motifs is 1. The first-order chi connectivity index (χ1) is 12.9. The Morgan fingerprint density at radius 1 is 1.07 bits per heavy atom. The summed E-state index contributed by atoms with van der Waals surface area (Å²) in [5.41, 5.74) is 1.07. The minimum atomic E-state index is -1.15. The number of carbonyl (C=O) groups is 2. The number of aliphatic carboxylic acids is 1. The highest BCUT2D eigenvalue weighted by Gasteiger charge is 2.27. The van der Waals surface area contributed by atoms with Crippen LogP contribution in [-0.2, 0) is 9.59 Å². The third kappa shape index (κ3) is 10.7. The van der Waals surface area contributed by atoms with Crippen LogP contribution in [0.3, 0.4) is 0 Å². The molecule has 2 aromatic rings. The lowest BCUT2D eigenvalue weighted by molar-refractivity contribution is -0.140. The van der Waals surface area contributed by atoms with Crippen LogP contribution >= 0.6 is 12.6 Å². The number of rotatable bonds is 8. The van der Waals surface area contributed by atoms with E-state index in [4.69, 9.17) is 9.52 Å². The number of benzene rings is 1. The summed E-state index contributed by atoms with van der Waals surface area (Å²) >= 11 is 3.57. The van der Waals surface area contributed by atoms with E-state index in [0.717, 1.165) is 26.2 Å². The molecule has 1 aromatic carbocycles. The van der Waals surface area contributed by atoms with Crippen LogP contribution in [-0.4, -0.2) is 47.4 Å². The van der Waals surface area contributed by atoms with E-state index in [0.29, 0.717) is 11.1 Å². The highest BCUT2D eigenvalue weighted by Crippen LogP contribution is 2.24. The summed E-state index contributed by atoms with van der Waals surface area (Å²) in [6.07, 6.45) is -0.245. The van der Waals surface area contributed by atoms with E-state index in [9.17, 15) is 9.59 Å². The van der Waals surface area contributed by atoms with Gasteiger partial charge >= 0.3 is 5.97 Å². The molecular weight excluding hydrogens is 366 g/mol. The molecule has 0 aliphatic rings. The molecule has 0 amide bonds. The smallest absolute Gasteiger partial charge is 0.316 e. The zero-order chi connectivity index (χ0) is 20.7. The fourth-order valence-corrected chi connectivity index (χ4v) is 2.18. The van der Waals surface area contributed by atoms with E-state index in [2.05, 4.69) is 55.9 Å². The van der Waals surface area contributed by atoms with Crippen molar-refractivity contribution in [2.24, 2.45) is 0 Å². The number of para-hydroxylation sites is 2. The maximum Gasteiger partial charge on any atom is 0.316 e. The second-order valence-electron chi connectivity index (χ2n) is 5.42. The minimum Gasteiger partial charge on any atom is -0.481 e. The molecule has 0 bridgehead atoms. The second kappa shape index (κ2) is 15.2. The van der Waals surface area contributed by atoms with Crippen molar-refractivity contribution in [2.75, 3.05) is 26.2 Å². The van der Waals surface area contributed by atoms with E-state index in [-0.39, 0.29) is 12.3 Å². The molecule has 0 fully saturated rings. The monoisotopic (exact) mass is 397 g/mol. The van der Waals surface area contributed by atoms with Gasteiger partial charge in [-0.05, 0) is 38.3 Å². The number of hydrogen-bond donors (Lipinski definition) is 4. The number of nitrogens with zero attached hydrogens (tertiary/aromatic N) is 1. The Kier molecular flexibility index (Phi) is 14.1. The summed E-state index contributed by atoms with van der Waals surface area (Å²) in [7, 11) is 0. The summed E-state index contributed by atoms with van der Waals surface area (Å²) < 4.78 is 5.31. The fraction of sp³-hybridized carbons (Fsp3) is 0.526. The largest absolute Gasteiger partial charge is 0.481 e. The average Bonchev–Trinajstić information content (AvgIpc) is 3.05. The quantitative estimate of drug-likeness (QED) is 0.507. The second-order valence-corrected chi connectivity index (χ2v) is 5.92. The van der Waals surface area contributed by atoms with Crippen molar-refractivity contribution < 1.29 is 19.1 Å². The summed E-state index contributed by atoms with van der Waals surface area (Å²) in [5.74, 6) is -2.22. The molecule has 2 rings (SSSR count). The molecule has 3 N–H and O–H groups in total. The van der Waals surface area contributed by atoms with Gasteiger partial charge in [0.05, 0.1) is 0 Å². The van der Waals surface area contributed by atoms with Crippen molar-refractivity contribution in [3.05, 3.63) is 30.2 Å². The van der Waals surface area contributed by atoms with Crippen molar-refractivity contribution in [3.63, 3.8) is 0 Å². The van der Waals surface area contributed by atoms with Crippen LogP contribution in [0, 0.1) is 0 Å². The number of carbonyl (C=O) groups excluding carboxylic acids is 1. The van der Waals surface area contributed by atoms with Gasteiger partial charge in [0.25, 0.3) is 0 Å². The molecule has 7 nitrogen and oxygen atoms in total. The first-order valence-electron chi connectivity index (χ1n) is 9.12. The van der Waals surface area contributed by atoms with Gasteiger partial charge in [-0.1, -0.05) is 39.8 Å². The van der Waals surface area contributed by atoms with Gasteiger partial charge in [0, 0.05) is 6.42 Å². The molecule has 152 valence electrons. The lowest BCUT2D eigenvalue weighted by Gasteiger charge is -2.04. The van der Waals surface area contributed by atoms with Gasteiger partial charge in [0.15, 0.2) is 10.7 Å². The molecule has 27 heavy (non-hydrogen) atoms. The molecule has 0 aliphatic heterocycles. The molecule has 1 atom stereocenters. The predicted molar refractivity (Wildman–Crippen MR) is 111 cm³/mol. The molecule has 0 spiro atoms. The minimum absolute atomic E-state index is 0.0288. The molecule has 1 aromatic heterocycles. The Hall–Kier alpha value is -1.90. The van der Waals surface area contributed by atoms with Crippen LogP contribution < -0.4 is 10.6 Å². The van der Waals surface area contributed by atoms with Gasteiger partial charge in [0.1, 0.15) is 11.4 Å². The Bertz CT molecular complexity index is 633. The van der Waals surface area contributed by atoms with Crippen molar-refractivity contribution in [1.29, 1.82) is 0 Å². The lowest BCUT2D eigenvalue weighted by atomic mass is 10.1. The van der Waals surface area contributed by atoms with Gasteiger partial charge in [0.2, 0.25) is 5.89 Å².